The number of H-pyrrole nitrogens is 1. The van der Waals surface area contributed by atoms with Gasteiger partial charge in [0.05, 0.1) is 11.5 Å². The number of aromatic amines is 1. The van der Waals surface area contributed by atoms with Crippen LogP contribution in [-0.2, 0) is 11.5 Å². The molecule has 2 aliphatic rings. The maximum Gasteiger partial charge on any atom is 0.225 e. The first kappa shape index (κ1) is 18.8. The number of hydrogen-bond acceptors (Lipinski definition) is 5. The monoisotopic (exact) mass is 405 g/mol. The molecule has 0 bridgehead atoms. The SMILES string of the molecule is O=C(C1CCN(Cn2[nH]c(-c3cccs3)nc2=S)CC1)N1CCCCCC1. The van der Waals surface area contributed by atoms with E-state index >= 15 is 0 Å². The molecule has 1 N–H and O–H groups in total. The van der Waals surface area contributed by atoms with Gasteiger partial charge in [0, 0.05) is 32.1 Å². The van der Waals surface area contributed by atoms with Crippen LogP contribution in [-0.4, -0.2) is 56.7 Å². The second-order valence-corrected chi connectivity index (χ2v) is 8.85. The minimum absolute atomic E-state index is 0.191. The highest BCUT2D eigenvalue weighted by Gasteiger charge is 2.29. The van der Waals surface area contributed by atoms with Crippen LogP contribution in [0.3, 0.4) is 0 Å². The number of piperidine rings is 1. The van der Waals surface area contributed by atoms with Crippen molar-refractivity contribution in [3.63, 3.8) is 0 Å². The van der Waals surface area contributed by atoms with Gasteiger partial charge in [0.2, 0.25) is 10.7 Å². The van der Waals surface area contributed by atoms with Crippen molar-refractivity contribution in [3.8, 4) is 10.7 Å². The van der Waals surface area contributed by atoms with Crippen LogP contribution in [0.2, 0.25) is 0 Å². The van der Waals surface area contributed by atoms with Crippen LogP contribution in [0.25, 0.3) is 10.7 Å². The van der Waals surface area contributed by atoms with Gasteiger partial charge in [-0.15, -0.1) is 11.3 Å². The Morgan fingerprint density at radius 3 is 2.59 bits per heavy atom. The molecule has 1 amide bonds. The third-order valence-corrected chi connectivity index (χ3v) is 6.82. The zero-order valence-electron chi connectivity index (χ0n) is 15.6. The summed E-state index contributed by atoms with van der Waals surface area (Å²) in [5.41, 5.74) is 0. The minimum Gasteiger partial charge on any atom is -0.342 e. The molecule has 146 valence electrons. The number of carbonyl (C=O) groups excluding carboxylic acids is 1. The molecule has 0 unspecified atom stereocenters. The van der Waals surface area contributed by atoms with Crippen molar-refractivity contribution < 1.29 is 4.79 Å². The second kappa shape index (κ2) is 8.67. The van der Waals surface area contributed by atoms with Crippen molar-refractivity contribution >= 4 is 29.5 Å². The number of nitrogens with one attached hydrogen (secondary N) is 1. The summed E-state index contributed by atoms with van der Waals surface area (Å²) in [6, 6.07) is 4.06. The molecule has 0 atom stereocenters. The van der Waals surface area contributed by atoms with Crippen LogP contribution in [0.4, 0.5) is 0 Å². The van der Waals surface area contributed by atoms with Crippen LogP contribution in [0.1, 0.15) is 38.5 Å². The summed E-state index contributed by atoms with van der Waals surface area (Å²) in [5, 5.41) is 5.36. The van der Waals surface area contributed by atoms with Gasteiger partial charge in [0.1, 0.15) is 0 Å². The number of amides is 1. The average molecular weight is 406 g/mol. The Kier molecular flexibility index (Phi) is 6.04. The summed E-state index contributed by atoms with van der Waals surface area (Å²) < 4.78 is 2.52. The third-order valence-electron chi connectivity index (χ3n) is 5.63. The van der Waals surface area contributed by atoms with E-state index in [0.717, 1.165) is 62.6 Å². The lowest BCUT2D eigenvalue weighted by Gasteiger charge is -2.33. The van der Waals surface area contributed by atoms with E-state index in [1.807, 2.05) is 22.2 Å². The Labute approximate surface area is 169 Å². The zero-order valence-corrected chi connectivity index (χ0v) is 17.2. The normalized spacial score (nSPS) is 19.9. The second-order valence-electron chi connectivity index (χ2n) is 7.53. The van der Waals surface area contributed by atoms with Crippen molar-refractivity contribution in [3.05, 3.63) is 22.3 Å². The maximum absolute atomic E-state index is 12.8. The lowest BCUT2D eigenvalue weighted by atomic mass is 9.95. The highest BCUT2D eigenvalue weighted by molar-refractivity contribution is 7.71. The molecule has 4 rings (SSSR count). The van der Waals surface area contributed by atoms with Crippen LogP contribution < -0.4 is 0 Å². The highest BCUT2D eigenvalue weighted by Crippen LogP contribution is 2.23. The Morgan fingerprint density at radius 2 is 1.93 bits per heavy atom. The smallest absolute Gasteiger partial charge is 0.225 e. The van der Waals surface area contributed by atoms with Gasteiger partial charge in [-0.3, -0.25) is 14.8 Å². The molecule has 6 nitrogen and oxygen atoms in total. The molecule has 2 aromatic heterocycles. The predicted octanol–water partition coefficient (Wildman–Crippen LogP) is 3.74. The number of nitrogens with zero attached hydrogens (tertiary/aromatic N) is 4. The molecule has 0 aromatic carbocycles. The first-order chi connectivity index (χ1) is 13.2. The molecule has 27 heavy (non-hydrogen) atoms. The summed E-state index contributed by atoms with van der Waals surface area (Å²) in [4.78, 5) is 22.9. The summed E-state index contributed by atoms with van der Waals surface area (Å²) in [6.45, 7) is 4.47. The van der Waals surface area contributed by atoms with Crippen molar-refractivity contribution in [2.45, 2.75) is 45.2 Å². The minimum atomic E-state index is 0.191. The van der Waals surface area contributed by atoms with Gasteiger partial charge in [-0.05, 0) is 49.3 Å². The van der Waals surface area contributed by atoms with Gasteiger partial charge in [-0.25, -0.2) is 4.68 Å². The molecular weight excluding hydrogens is 378 g/mol. The number of likely N-dealkylation sites (tertiary alicyclic amines) is 2. The lowest BCUT2D eigenvalue weighted by molar-refractivity contribution is -0.137. The standard InChI is InChI=1S/C19H27N5OS2/c25-18(23-9-3-1-2-4-10-23)15-7-11-22(12-8-15)14-24-19(26)20-17(21-24)16-6-5-13-27-16/h5-6,13,15H,1-4,7-12,14H2,(H,20,21,26). The molecule has 2 aliphatic heterocycles. The van der Waals surface area contributed by atoms with Crippen molar-refractivity contribution in [1.82, 2.24) is 24.6 Å². The van der Waals surface area contributed by atoms with Crippen LogP contribution >= 0.6 is 23.6 Å². The van der Waals surface area contributed by atoms with Gasteiger partial charge in [-0.1, -0.05) is 18.9 Å². The molecule has 2 aromatic rings. The summed E-state index contributed by atoms with van der Waals surface area (Å²) in [6.07, 6.45) is 6.73. The van der Waals surface area contributed by atoms with Gasteiger partial charge < -0.3 is 4.90 Å². The third kappa shape index (κ3) is 4.50. The Bertz CT molecular complexity index is 796. The van der Waals surface area contributed by atoms with Crippen molar-refractivity contribution in [2.24, 2.45) is 5.92 Å². The molecule has 0 spiro atoms. The first-order valence-electron chi connectivity index (χ1n) is 9.92. The molecule has 2 fully saturated rings. The highest BCUT2D eigenvalue weighted by atomic mass is 32.1. The Morgan fingerprint density at radius 1 is 1.19 bits per heavy atom. The largest absolute Gasteiger partial charge is 0.342 e. The fraction of sp³-hybridized carbons (Fsp3) is 0.632. The molecule has 2 saturated heterocycles. The molecule has 0 aliphatic carbocycles. The van der Waals surface area contributed by atoms with Crippen molar-refractivity contribution in [1.29, 1.82) is 0 Å². The quantitative estimate of drug-likeness (QED) is 0.788. The van der Waals surface area contributed by atoms with E-state index < -0.39 is 0 Å². The van der Waals surface area contributed by atoms with Gasteiger partial charge in [0.15, 0.2) is 5.82 Å². The van der Waals surface area contributed by atoms with Crippen molar-refractivity contribution in [2.75, 3.05) is 26.2 Å². The van der Waals surface area contributed by atoms with E-state index in [1.54, 1.807) is 11.3 Å². The van der Waals surface area contributed by atoms with E-state index in [9.17, 15) is 4.79 Å². The number of aromatic nitrogens is 3. The van der Waals surface area contributed by atoms with Crippen LogP contribution in [0.15, 0.2) is 17.5 Å². The lowest BCUT2D eigenvalue weighted by Crippen LogP contribution is -2.43. The molecule has 0 saturated carbocycles. The Hall–Kier alpha value is -1.51. The van der Waals surface area contributed by atoms with E-state index in [1.165, 1.54) is 12.8 Å². The van der Waals surface area contributed by atoms with E-state index in [-0.39, 0.29) is 5.92 Å². The number of rotatable bonds is 4. The topological polar surface area (TPSA) is 57.2 Å². The van der Waals surface area contributed by atoms with Gasteiger partial charge in [-0.2, -0.15) is 4.98 Å². The molecule has 4 heterocycles. The van der Waals surface area contributed by atoms with Crippen LogP contribution in [0.5, 0.6) is 0 Å². The number of hydrogen-bond donors (Lipinski definition) is 1. The van der Waals surface area contributed by atoms with Gasteiger partial charge >= 0.3 is 0 Å². The molecular formula is C19H27N5OS2. The predicted molar refractivity (Wildman–Crippen MR) is 110 cm³/mol. The van der Waals surface area contributed by atoms with E-state index in [2.05, 4.69) is 19.9 Å². The fourth-order valence-corrected chi connectivity index (χ4v) is 4.91. The number of thiophene rings is 1. The zero-order chi connectivity index (χ0) is 18.6. The average Bonchev–Trinajstić information content (AvgIpc) is 3.25. The number of carbonyl (C=O) groups is 1. The summed E-state index contributed by atoms with van der Waals surface area (Å²) in [5.74, 6) is 1.41. The van der Waals surface area contributed by atoms with Gasteiger partial charge in [0.25, 0.3) is 0 Å². The molecule has 8 heteroatoms. The Balaban J connectivity index is 1.32. The van der Waals surface area contributed by atoms with Crippen LogP contribution in [0, 0.1) is 10.7 Å². The fourth-order valence-electron chi connectivity index (χ4n) is 4.05. The summed E-state index contributed by atoms with van der Waals surface area (Å²) >= 11 is 7.07. The summed E-state index contributed by atoms with van der Waals surface area (Å²) in [7, 11) is 0. The van der Waals surface area contributed by atoms with E-state index in [4.69, 9.17) is 12.2 Å². The first-order valence-corrected chi connectivity index (χ1v) is 11.2. The molecule has 0 radical (unpaired) electrons. The maximum atomic E-state index is 12.8. The van der Waals surface area contributed by atoms with E-state index in [0.29, 0.717) is 17.3 Å².